The highest BCUT2D eigenvalue weighted by molar-refractivity contribution is 5.87. The van der Waals surface area contributed by atoms with Crippen LogP contribution in [0.25, 0.3) is 11.0 Å². The Kier molecular flexibility index (Phi) is 3.68. The van der Waals surface area contributed by atoms with Crippen LogP contribution in [0, 0.1) is 5.92 Å². The Morgan fingerprint density at radius 1 is 1.50 bits per heavy atom. The molecule has 20 heavy (non-hydrogen) atoms. The molecule has 1 atom stereocenters. The normalized spacial score (nSPS) is 19.5. The molecule has 1 saturated heterocycles. The van der Waals surface area contributed by atoms with Crippen LogP contribution in [0.4, 0.5) is 11.8 Å². The van der Waals surface area contributed by atoms with E-state index < -0.39 is 0 Å². The van der Waals surface area contributed by atoms with Crippen molar-refractivity contribution in [3.05, 3.63) is 6.20 Å². The number of aromatic amines is 1. The molecule has 2 aromatic rings. The second-order valence-electron chi connectivity index (χ2n) is 5.22. The van der Waals surface area contributed by atoms with Crippen molar-refractivity contribution < 1.29 is 5.11 Å². The summed E-state index contributed by atoms with van der Waals surface area (Å²) < 4.78 is 0. The molecule has 1 fully saturated rings. The summed E-state index contributed by atoms with van der Waals surface area (Å²) in [7, 11) is 1.81. The Labute approximate surface area is 117 Å². The van der Waals surface area contributed by atoms with Crippen molar-refractivity contribution in [1.29, 1.82) is 0 Å². The highest BCUT2D eigenvalue weighted by atomic mass is 16.3. The molecule has 1 aliphatic heterocycles. The number of fused-ring (bicyclic) bond motifs is 1. The molecule has 2 aromatic heterocycles. The first-order valence-corrected chi connectivity index (χ1v) is 7.06. The zero-order valence-electron chi connectivity index (χ0n) is 11.6. The Morgan fingerprint density at radius 3 is 3.20 bits per heavy atom. The van der Waals surface area contributed by atoms with Gasteiger partial charge in [0.05, 0.1) is 11.6 Å². The summed E-state index contributed by atoms with van der Waals surface area (Å²) in [6.45, 7) is 2.18. The van der Waals surface area contributed by atoms with Gasteiger partial charge in [0, 0.05) is 26.7 Å². The van der Waals surface area contributed by atoms with Crippen molar-refractivity contribution >= 4 is 22.8 Å². The van der Waals surface area contributed by atoms with Crippen LogP contribution >= 0.6 is 0 Å². The molecule has 3 N–H and O–H groups in total. The minimum Gasteiger partial charge on any atom is -0.396 e. The standard InChI is InChI=1S/C13H20N6O/c1-14-13-16-11-10(7-15-18-11)12(17-13)19-5-2-3-9(8-19)4-6-20/h7,9,20H,2-6,8H2,1H3,(H2,14,15,16,17,18). The molecule has 1 aliphatic rings. The molecule has 0 spiro atoms. The van der Waals surface area contributed by atoms with Crippen molar-refractivity contribution in [2.45, 2.75) is 19.3 Å². The number of piperidine rings is 1. The van der Waals surface area contributed by atoms with Crippen LogP contribution in [0.5, 0.6) is 0 Å². The van der Waals surface area contributed by atoms with Gasteiger partial charge in [0.1, 0.15) is 5.82 Å². The van der Waals surface area contributed by atoms with Crippen LogP contribution in [0.3, 0.4) is 0 Å². The van der Waals surface area contributed by atoms with E-state index >= 15 is 0 Å². The fraction of sp³-hybridized carbons (Fsp3) is 0.615. The van der Waals surface area contributed by atoms with Gasteiger partial charge >= 0.3 is 0 Å². The highest BCUT2D eigenvalue weighted by Crippen LogP contribution is 2.29. The fourth-order valence-electron chi connectivity index (χ4n) is 2.85. The lowest BCUT2D eigenvalue weighted by atomic mass is 9.95. The van der Waals surface area contributed by atoms with Gasteiger partial charge in [-0.25, -0.2) is 0 Å². The number of H-pyrrole nitrogens is 1. The Bertz CT molecular complexity index is 581. The van der Waals surface area contributed by atoms with E-state index in [1.807, 2.05) is 7.05 Å². The number of aliphatic hydroxyl groups excluding tert-OH is 1. The molecule has 7 nitrogen and oxygen atoms in total. The lowest BCUT2D eigenvalue weighted by Crippen LogP contribution is -2.36. The van der Waals surface area contributed by atoms with E-state index in [0.29, 0.717) is 11.9 Å². The van der Waals surface area contributed by atoms with E-state index in [1.165, 1.54) is 6.42 Å². The SMILES string of the molecule is CNc1nc(N2CCCC(CCO)C2)c2cn[nH]c2n1. The van der Waals surface area contributed by atoms with Crippen LogP contribution in [0.15, 0.2) is 6.20 Å². The van der Waals surface area contributed by atoms with Crippen molar-refractivity contribution in [2.24, 2.45) is 5.92 Å². The lowest BCUT2D eigenvalue weighted by molar-refractivity contribution is 0.244. The molecular weight excluding hydrogens is 256 g/mol. The predicted molar refractivity (Wildman–Crippen MR) is 77.9 cm³/mol. The number of nitrogens with one attached hydrogen (secondary N) is 2. The largest absolute Gasteiger partial charge is 0.396 e. The van der Waals surface area contributed by atoms with Crippen molar-refractivity contribution in [2.75, 3.05) is 37.0 Å². The summed E-state index contributed by atoms with van der Waals surface area (Å²) >= 11 is 0. The molecule has 0 aliphatic carbocycles. The van der Waals surface area contributed by atoms with Crippen molar-refractivity contribution in [3.8, 4) is 0 Å². The topological polar surface area (TPSA) is 90.0 Å². The second-order valence-corrected chi connectivity index (χ2v) is 5.22. The molecule has 7 heteroatoms. The molecule has 108 valence electrons. The van der Waals surface area contributed by atoms with Gasteiger partial charge in [0.25, 0.3) is 0 Å². The van der Waals surface area contributed by atoms with Crippen molar-refractivity contribution in [3.63, 3.8) is 0 Å². The predicted octanol–water partition coefficient (Wildman–Crippen LogP) is 0.993. The summed E-state index contributed by atoms with van der Waals surface area (Å²) in [5, 5.41) is 20.0. The Balaban J connectivity index is 1.93. The minimum absolute atomic E-state index is 0.255. The number of anilines is 2. The van der Waals surface area contributed by atoms with E-state index in [-0.39, 0.29) is 6.61 Å². The van der Waals surface area contributed by atoms with Gasteiger partial charge in [-0.15, -0.1) is 0 Å². The maximum absolute atomic E-state index is 9.13. The van der Waals surface area contributed by atoms with Gasteiger partial charge in [0.2, 0.25) is 5.95 Å². The van der Waals surface area contributed by atoms with Gasteiger partial charge in [0.15, 0.2) is 5.65 Å². The molecule has 0 aromatic carbocycles. The van der Waals surface area contributed by atoms with Crippen LogP contribution < -0.4 is 10.2 Å². The number of aromatic nitrogens is 4. The van der Waals surface area contributed by atoms with Gasteiger partial charge in [-0.05, 0) is 25.2 Å². The van der Waals surface area contributed by atoms with Crippen LogP contribution in [0.1, 0.15) is 19.3 Å². The Hall–Kier alpha value is -1.89. The summed E-state index contributed by atoms with van der Waals surface area (Å²) in [5.41, 5.74) is 0.753. The third-order valence-electron chi connectivity index (χ3n) is 3.87. The number of nitrogens with zero attached hydrogens (tertiary/aromatic N) is 4. The number of rotatable bonds is 4. The van der Waals surface area contributed by atoms with E-state index in [4.69, 9.17) is 5.11 Å². The molecule has 0 amide bonds. The first kappa shape index (κ1) is 13.1. The summed E-state index contributed by atoms with van der Waals surface area (Å²) in [6, 6.07) is 0. The molecule has 1 unspecified atom stereocenters. The lowest BCUT2D eigenvalue weighted by Gasteiger charge is -2.33. The molecular formula is C13H20N6O. The maximum atomic E-state index is 9.13. The van der Waals surface area contributed by atoms with E-state index in [2.05, 4.69) is 30.4 Å². The third-order valence-corrected chi connectivity index (χ3v) is 3.87. The Morgan fingerprint density at radius 2 is 2.40 bits per heavy atom. The first-order chi connectivity index (χ1) is 9.81. The molecule has 3 heterocycles. The van der Waals surface area contributed by atoms with Gasteiger partial charge in [-0.2, -0.15) is 15.1 Å². The third kappa shape index (κ3) is 2.40. The smallest absolute Gasteiger partial charge is 0.226 e. The van der Waals surface area contributed by atoms with E-state index in [1.54, 1.807) is 6.20 Å². The zero-order chi connectivity index (χ0) is 13.9. The fourth-order valence-corrected chi connectivity index (χ4v) is 2.85. The van der Waals surface area contributed by atoms with E-state index in [0.717, 1.165) is 42.8 Å². The summed E-state index contributed by atoms with van der Waals surface area (Å²) in [6.07, 6.45) is 4.94. The first-order valence-electron chi connectivity index (χ1n) is 7.06. The van der Waals surface area contributed by atoms with E-state index in [9.17, 15) is 0 Å². The number of hydrogen-bond acceptors (Lipinski definition) is 6. The molecule has 0 radical (unpaired) electrons. The van der Waals surface area contributed by atoms with Crippen molar-refractivity contribution in [1.82, 2.24) is 20.2 Å². The molecule has 0 bridgehead atoms. The summed E-state index contributed by atoms with van der Waals surface area (Å²) in [4.78, 5) is 11.2. The maximum Gasteiger partial charge on any atom is 0.226 e. The number of hydrogen-bond donors (Lipinski definition) is 3. The monoisotopic (exact) mass is 276 g/mol. The average molecular weight is 276 g/mol. The number of aliphatic hydroxyl groups is 1. The quantitative estimate of drug-likeness (QED) is 0.771. The van der Waals surface area contributed by atoms with Crippen LogP contribution in [0.2, 0.25) is 0 Å². The zero-order valence-corrected chi connectivity index (χ0v) is 11.6. The highest BCUT2D eigenvalue weighted by Gasteiger charge is 2.23. The second kappa shape index (κ2) is 5.62. The van der Waals surface area contributed by atoms with Crippen LogP contribution in [-0.4, -0.2) is 52.0 Å². The van der Waals surface area contributed by atoms with Gasteiger partial charge in [-0.3, -0.25) is 5.10 Å². The summed E-state index contributed by atoms with van der Waals surface area (Å²) in [5.74, 6) is 2.06. The average Bonchev–Trinajstić information content (AvgIpc) is 2.95. The minimum atomic E-state index is 0.255. The van der Waals surface area contributed by atoms with Gasteiger partial charge < -0.3 is 15.3 Å². The molecule has 3 rings (SSSR count). The van der Waals surface area contributed by atoms with Gasteiger partial charge in [-0.1, -0.05) is 0 Å². The molecule has 0 saturated carbocycles. The van der Waals surface area contributed by atoms with Crippen LogP contribution in [-0.2, 0) is 0 Å².